The van der Waals surface area contributed by atoms with Gasteiger partial charge in [0.2, 0.25) is 5.82 Å². The molecule has 0 saturated heterocycles. The van der Waals surface area contributed by atoms with Gasteiger partial charge in [-0.15, -0.1) is 0 Å². The number of fused-ring (bicyclic) bond motifs is 1. The summed E-state index contributed by atoms with van der Waals surface area (Å²) >= 11 is 0. The average Bonchev–Trinajstić information content (AvgIpc) is 2.72. The molecule has 2 aromatic heterocycles. The van der Waals surface area contributed by atoms with Crippen LogP contribution < -0.4 is 11.2 Å². The van der Waals surface area contributed by atoms with Crippen molar-refractivity contribution in [1.29, 1.82) is 0 Å². The van der Waals surface area contributed by atoms with E-state index in [1.54, 1.807) is 6.92 Å². The lowest BCUT2D eigenvalue weighted by Gasteiger charge is -2.03. The number of nitrogens with one attached hydrogen (secondary N) is 1. The van der Waals surface area contributed by atoms with Crippen molar-refractivity contribution in [3.8, 4) is 0 Å². The van der Waals surface area contributed by atoms with Crippen LogP contribution in [0.1, 0.15) is 17.5 Å². The number of carboxylic acids is 1. The van der Waals surface area contributed by atoms with Crippen molar-refractivity contribution in [2.24, 2.45) is 7.05 Å². The van der Waals surface area contributed by atoms with Gasteiger partial charge in [-0.3, -0.25) is 13.9 Å². The Labute approximate surface area is 94.1 Å². The number of imidazole rings is 1. The van der Waals surface area contributed by atoms with Crippen LogP contribution in [0.4, 0.5) is 0 Å². The van der Waals surface area contributed by atoms with Crippen molar-refractivity contribution in [1.82, 2.24) is 19.1 Å². The summed E-state index contributed by atoms with van der Waals surface area (Å²) in [5, 5.41) is 8.77. The number of aromatic carboxylic acids is 1. The molecule has 0 fully saturated rings. The van der Waals surface area contributed by atoms with Gasteiger partial charge in [-0.2, -0.15) is 0 Å². The molecule has 0 amide bonds. The van der Waals surface area contributed by atoms with Gasteiger partial charge in [-0.25, -0.2) is 14.6 Å². The van der Waals surface area contributed by atoms with Gasteiger partial charge in [0, 0.05) is 13.6 Å². The number of aromatic amines is 1. The van der Waals surface area contributed by atoms with Gasteiger partial charge in [0.25, 0.3) is 5.56 Å². The standard InChI is InChI=1S/C9H10N4O4/c1-3-13-7(14)4-6(12(2)9(13)17)11-5(10-4)8(15)16/h3H2,1-2H3,(H,10,11)(H,15,16). The number of rotatable bonds is 2. The molecule has 0 bridgehead atoms. The molecule has 2 rings (SSSR count). The third kappa shape index (κ3) is 1.45. The first-order valence-electron chi connectivity index (χ1n) is 4.90. The van der Waals surface area contributed by atoms with Gasteiger partial charge in [0.1, 0.15) is 0 Å². The predicted octanol–water partition coefficient (Wildman–Crippen LogP) is -0.859. The largest absolute Gasteiger partial charge is 0.475 e. The normalized spacial score (nSPS) is 10.9. The first-order chi connectivity index (χ1) is 7.97. The Morgan fingerprint density at radius 2 is 2.12 bits per heavy atom. The molecule has 0 aliphatic rings. The second kappa shape index (κ2) is 3.58. The molecule has 0 spiro atoms. The monoisotopic (exact) mass is 238 g/mol. The highest BCUT2D eigenvalue weighted by molar-refractivity contribution is 5.87. The number of nitrogens with zero attached hydrogens (tertiary/aromatic N) is 3. The Morgan fingerprint density at radius 1 is 1.47 bits per heavy atom. The molecule has 8 nitrogen and oxygen atoms in total. The molecule has 0 aromatic carbocycles. The minimum atomic E-state index is -1.28. The Kier molecular flexibility index (Phi) is 2.34. The van der Waals surface area contributed by atoms with Gasteiger partial charge in [-0.05, 0) is 6.92 Å². The van der Waals surface area contributed by atoms with Crippen LogP contribution in [0.2, 0.25) is 0 Å². The molecule has 2 aromatic rings. The molecule has 8 heteroatoms. The fourth-order valence-corrected chi connectivity index (χ4v) is 1.63. The topological polar surface area (TPSA) is 110 Å². The molecule has 0 aliphatic heterocycles. The summed E-state index contributed by atoms with van der Waals surface area (Å²) in [6.07, 6.45) is 0. The summed E-state index contributed by atoms with van der Waals surface area (Å²) in [7, 11) is 1.43. The minimum absolute atomic E-state index is 0.0198. The maximum atomic E-state index is 11.9. The fraction of sp³-hybridized carbons (Fsp3) is 0.333. The highest BCUT2D eigenvalue weighted by Crippen LogP contribution is 2.03. The van der Waals surface area contributed by atoms with E-state index in [2.05, 4.69) is 9.97 Å². The van der Waals surface area contributed by atoms with Crippen LogP contribution in [0, 0.1) is 0 Å². The molecule has 0 atom stereocenters. The zero-order valence-electron chi connectivity index (χ0n) is 9.22. The van der Waals surface area contributed by atoms with Crippen LogP contribution in [-0.2, 0) is 13.6 Å². The van der Waals surface area contributed by atoms with Gasteiger partial charge >= 0.3 is 11.7 Å². The number of aryl methyl sites for hydroxylation is 1. The Bertz CT molecular complexity index is 721. The molecule has 2 N–H and O–H groups in total. The van der Waals surface area contributed by atoms with E-state index in [4.69, 9.17) is 5.11 Å². The maximum Gasteiger partial charge on any atom is 0.371 e. The van der Waals surface area contributed by atoms with Crippen molar-refractivity contribution in [3.63, 3.8) is 0 Å². The van der Waals surface area contributed by atoms with Crippen molar-refractivity contribution < 1.29 is 9.90 Å². The molecule has 0 unspecified atom stereocenters. The number of hydrogen-bond acceptors (Lipinski definition) is 4. The lowest BCUT2D eigenvalue weighted by Crippen LogP contribution is -2.38. The first kappa shape index (κ1) is 11.1. The van der Waals surface area contributed by atoms with Crippen LogP contribution in [-0.4, -0.2) is 30.2 Å². The molecule has 0 aliphatic carbocycles. The van der Waals surface area contributed by atoms with Crippen LogP contribution in [0.3, 0.4) is 0 Å². The fourth-order valence-electron chi connectivity index (χ4n) is 1.63. The highest BCUT2D eigenvalue weighted by Gasteiger charge is 2.17. The molecule has 17 heavy (non-hydrogen) atoms. The molecular formula is C9H10N4O4. The summed E-state index contributed by atoms with van der Waals surface area (Å²) in [6.45, 7) is 1.87. The number of carboxylic acid groups (broad SMARTS) is 1. The zero-order valence-corrected chi connectivity index (χ0v) is 9.22. The highest BCUT2D eigenvalue weighted by atomic mass is 16.4. The summed E-state index contributed by atoms with van der Waals surface area (Å²) in [4.78, 5) is 40.4. The molecule has 2 heterocycles. The predicted molar refractivity (Wildman–Crippen MR) is 58.2 cm³/mol. The van der Waals surface area contributed by atoms with Crippen molar-refractivity contribution in [2.75, 3.05) is 0 Å². The molecule has 0 radical (unpaired) electrons. The SMILES string of the molecule is CCn1c(=O)c2[nH]c(C(=O)O)nc2n(C)c1=O. The third-order valence-electron chi connectivity index (χ3n) is 2.50. The van der Waals surface area contributed by atoms with E-state index < -0.39 is 17.2 Å². The molecular weight excluding hydrogens is 228 g/mol. The number of hydrogen-bond donors (Lipinski definition) is 2. The van der Waals surface area contributed by atoms with E-state index in [1.807, 2.05) is 0 Å². The van der Waals surface area contributed by atoms with E-state index in [0.717, 1.165) is 9.13 Å². The van der Waals surface area contributed by atoms with Gasteiger partial charge in [0.05, 0.1) is 0 Å². The minimum Gasteiger partial charge on any atom is -0.475 e. The zero-order chi connectivity index (χ0) is 12.7. The third-order valence-corrected chi connectivity index (χ3v) is 2.50. The van der Waals surface area contributed by atoms with E-state index in [0.29, 0.717) is 0 Å². The van der Waals surface area contributed by atoms with E-state index >= 15 is 0 Å². The summed E-state index contributed by atoms with van der Waals surface area (Å²) < 4.78 is 2.15. The smallest absolute Gasteiger partial charge is 0.371 e. The Morgan fingerprint density at radius 3 is 2.65 bits per heavy atom. The summed E-state index contributed by atoms with van der Waals surface area (Å²) in [6, 6.07) is 0. The van der Waals surface area contributed by atoms with Crippen LogP contribution in [0.25, 0.3) is 11.2 Å². The van der Waals surface area contributed by atoms with E-state index in [-0.39, 0.29) is 23.5 Å². The number of carbonyl (C=O) groups is 1. The van der Waals surface area contributed by atoms with E-state index in [1.165, 1.54) is 7.05 Å². The van der Waals surface area contributed by atoms with Gasteiger partial charge in [0.15, 0.2) is 11.2 Å². The second-order valence-corrected chi connectivity index (χ2v) is 3.48. The average molecular weight is 238 g/mol. The van der Waals surface area contributed by atoms with Crippen LogP contribution in [0.15, 0.2) is 9.59 Å². The summed E-state index contributed by atoms with van der Waals surface area (Å²) in [5.41, 5.74) is -1.02. The second-order valence-electron chi connectivity index (χ2n) is 3.48. The van der Waals surface area contributed by atoms with Gasteiger partial charge < -0.3 is 10.1 Å². The lowest BCUT2D eigenvalue weighted by atomic mass is 10.5. The Hall–Kier alpha value is -2.38. The Balaban J connectivity index is 2.99. The maximum absolute atomic E-state index is 11.9. The van der Waals surface area contributed by atoms with Crippen molar-refractivity contribution in [3.05, 3.63) is 26.7 Å². The lowest BCUT2D eigenvalue weighted by molar-refractivity contribution is 0.0685. The van der Waals surface area contributed by atoms with Crippen LogP contribution in [0.5, 0.6) is 0 Å². The quantitative estimate of drug-likeness (QED) is 0.707. The number of H-pyrrole nitrogens is 1. The molecule has 0 saturated carbocycles. The van der Waals surface area contributed by atoms with Crippen molar-refractivity contribution in [2.45, 2.75) is 13.5 Å². The van der Waals surface area contributed by atoms with E-state index in [9.17, 15) is 14.4 Å². The van der Waals surface area contributed by atoms with Crippen LogP contribution >= 0.6 is 0 Å². The first-order valence-corrected chi connectivity index (χ1v) is 4.90. The summed E-state index contributed by atoms with van der Waals surface area (Å²) in [5.74, 6) is -1.64. The number of aromatic nitrogens is 4. The van der Waals surface area contributed by atoms with Gasteiger partial charge in [-0.1, -0.05) is 0 Å². The molecule has 90 valence electrons. The van der Waals surface area contributed by atoms with Crippen molar-refractivity contribution >= 4 is 17.1 Å².